The minimum atomic E-state index is 0.371. The molecule has 1 heterocycles. The first-order valence-electron chi connectivity index (χ1n) is 5.32. The Labute approximate surface area is 94.9 Å². The highest BCUT2D eigenvalue weighted by molar-refractivity contribution is 6.30. The molecule has 0 amide bonds. The molecule has 2 rings (SSSR count). The maximum atomic E-state index is 9.00. The summed E-state index contributed by atoms with van der Waals surface area (Å²) in [6.45, 7) is 1.98. The molecule has 0 radical (unpaired) electrons. The van der Waals surface area contributed by atoms with Crippen LogP contribution < -0.4 is 0 Å². The second-order valence-electron chi connectivity index (χ2n) is 4.00. The van der Waals surface area contributed by atoms with E-state index in [1.54, 1.807) is 0 Å². The molecule has 0 saturated heterocycles. The number of nitriles is 1. The van der Waals surface area contributed by atoms with Crippen LogP contribution in [0.3, 0.4) is 0 Å². The number of fused-ring (bicyclic) bond motifs is 1. The molecule has 0 aromatic carbocycles. The lowest BCUT2D eigenvalue weighted by Crippen LogP contribution is -2.02. The van der Waals surface area contributed by atoms with Crippen LogP contribution in [0.1, 0.15) is 41.6 Å². The Bertz CT molecular complexity index is 432. The number of halogens is 1. The van der Waals surface area contributed by atoms with E-state index >= 15 is 0 Å². The third-order valence-corrected chi connectivity index (χ3v) is 3.34. The smallest absolute Gasteiger partial charge is 0.147 e. The van der Waals surface area contributed by atoms with E-state index in [1.165, 1.54) is 24.8 Å². The summed E-state index contributed by atoms with van der Waals surface area (Å²) in [7, 11) is 0. The number of aryl methyl sites for hydroxylation is 1. The lowest BCUT2D eigenvalue weighted by Gasteiger charge is -2.11. The molecule has 3 heteroatoms. The first kappa shape index (κ1) is 10.4. The van der Waals surface area contributed by atoms with E-state index in [9.17, 15) is 0 Å². The van der Waals surface area contributed by atoms with E-state index in [-0.39, 0.29) is 0 Å². The Kier molecular flexibility index (Phi) is 2.93. The molecule has 0 spiro atoms. The van der Waals surface area contributed by atoms with E-state index in [2.05, 4.69) is 11.1 Å². The largest absolute Gasteiger partial charge is 0.239 e. The molecule has 78 valence electrons. The van der Waals surface area contributed by atoms with Gasteiger partial charge in [-0.25, -0.2) is 4.98 Å². The number of pyridine rings is 1. The van der Waals surface area contributed by atoms with Gasteiger partial charge in [-0.1, -0.05) is 18.0 Å². The van der Waals surface area contributed by atoms with Gasteiger partial charge in [0.25, 0.3) is 0 Å². The van der Waals surface area contributed by atoms with Crippen LogP contribution >= 0.6 is 11.6 Å². The fourth-order valence-electron chi connectivity index (χ4n) is 2.20. The minimum absolute atomic E-state index is 0.371. The van der Waals surface area contributed by atoms with Crippen LogP contribution in [0, 0.1) is 18.3 Å². The molecular weight excluding hydrogens is 208 g/mol. The molecule has 0 saturated carbocycles. The van der Waals surface area contributed by atoms with Crippen LogP contribution in [-0.2, 0) is 12.8 Å². The van der Waals surface area contributed by atoms with Crippen LogP contribution in [-0.4, -0.2) is 4.98 Å². The predicted octanol–water partition coefficient (Wildman–Crippen LogP) is 3.18. The monoisotopic (exact) mass is 220 g/mol. The summed E-state index contributed by atoms with van der Waals surface area (Å²) < 4.78 is 0. The Morgan fingerprint density at radius 1 is 1.27 bits per heavy atom. The summed E-state index contributed by atoms with van der Waals surface area (Å²) in [5, 5.41) is 9.37. The summed E-state index contributed by atoms with van der Waals surface area (Å²) in [5.74, 6) is 0. The van der Waals surface area contributed by atoms with Gasteiger partial charge in [0.2, 0.25) is 0 Å². The van der Waals surface area contributed by atoms with Gasteiger partial charge in [-0.3, -0.25) is 0 Å². The number of hydrogen-bond donors (Lipinski definition) is 0. The van der Waals surface area contributed by atoms with Crippen molar-refractivity contribution in [1.29, 1.82) is 5.26 Å². The van der Waals surface area contributed by atoms with E-state index in [4.69, 9.17) is 16.9 Å². The van der Waals surface area contributed by atoms with Crippen LogP contribution in [0.5, 0.6) is 0 Å². The molecule has 0 aliphatic heterocycles. The SMILES string of the molecule is Cc1c(C#N)c(Cl)nc2c1CCCCC2. The molecule has 0 N–H and O–H groups in total. The topological polar surface area (TPSA) is 36.7 Å². The molecule has 0 fully saturated rings. The maximum absolute atomic E-state index is 9.00. The highest BCUT2D eigenvalue weighted by Gasteiger charge is 2.17. The van der Waals surface area contributed by atoms with Crippen molar-refractivity contribution in [2.45, 2.75) is 39.0 Å². The van der Waals surface area contributed by atoms with E-state index < -0.39 is 0 Å². The fraction of sp³-hybridized carbons (Fsp3) is 0.500. The van der Waals surface area contributed by atoms with Crippen molar-refractivity contribution in [1.82, 2.24) is 4.98 Å². The second-order valence-corrected chi connectivity index (χ2v) is 4.36. The molecule has 0 unspecified atom stereocenters. The van der Waals surface area contributed by atoms with Crippen molar-refractivity contribution in [3.05, 3.63) is 27.5 Å². The Balaban J connectivity index is 2.60. The summed E-state index contributed by atoms with van der Waals surface area (Å²) in [4.78, 5) is 4.35. The van der Waals surface area contributed by atoms with Gasteiger partial charge in [0.05, 0.1) is 5.56 Å². The molecule has 15 heavy (non-hydrogen) atoms. The first-order chi connectivity index (χ1) is 7.24. The number of hydrogen-bond acceptors (Lipinski definition) is 2. The second kappa shape index (κ2) is 4.20. The van der Waals surface area contributed by atoms with E-state index in [1.807, 2.05) is 6.92 Å². The van der Waals surface area contributed by atoms with Crippen LogP contribution in [0.4, 0.5) is 0 Å². The summed E-state index contributed by atoms with van der Waals surface area (Å²) in [6, 6.07) is 2.14. The Morgan fingerprint density at radius 3 is 2.73 bits per heavy atom. The van der Waals surface area contributed by atoms with Crippen molar-refractivity contribution in [3.63, 3.8) is 0 Å². The number of aromatic nitrogens is 1. The molecule has 0 atom stereocenters. The standard InChI is InChI=1S/C12H13ClN2/c1-8-9-5-3-2-4-6-11(9)15-12(13)10(8)7-14/h2-6H2,1H3. The zero-order valence-corrected chi connectivity index (χ0v) is 9.56. The van der Waals surface area contributed by atoms with Crippen LogP contribution in [0.15, 0.2) is 0 Å². The summed E-state index contributed by atoms with van der Waals surface area (Å²) in [5.41, 5.74) is 3.95. The Hall–Kier alpha value is -1.07. The van der Waals surface area contributed by atoms with Crippen molar-refractivity contribution in [3.8, 4) is 6.07 Å². The highest BCUT2D eigenvalue weighted by Crippen LogP contribution is 2.27. The molecule has 0 bridgehead atoms. The molecule has 1 aliphatic carbocycles. The van der Waals surface area contributed by atoms with Gasteiger partial charge in [0.15, 0.2) is 0 Å². The number of nitrogens with zero attached hydrogens (tertiary/aromatic N) is 2. The molecule has 2 nitrogen and oxygen atoms in total. The van der Waals surface area contributed by atoms with E-state index in [0.717, 1.165) is 24.1 Å². The predicted molar refractivity (Wildman–Crippen MR) is 60.0 cm³/mol. The quantitative estimate of drug-likeness (QED) is 0.497. The first-order valence-corrected chi connectivity index (χ1v) is 5.69. The van der Waals surface area contributed by atoms with Gasteiger partial charge in [-0.15, -0.1) is 0 Å². The third kappa shape index (κ3) is 1.85. The minimum Gasteiger partial charge on any atom is -0.239 e. The molecule has 1 aliphatic rings. The number of rotatable bonds is 0. The summed E-state index contributed by atoms with van der Waals surface area (Å²) in [6.07, 6.45) is 5.67. The zero-order chi connectivity index (χ0) is 10.8. The average Bonchev–Trinajstić information content (AvgIpc) is 2.43. The zero-order valence-electron chi connectivity index (χ0n) is 8.81. The van der Waals surface area contributed by atoms with E-state index in [0.29, 0.717) is 10.7 Å². The average molecular weight is 221 g/mol. The normalized spacial score (nSPS) is 15.3. The lowest BCUT2D eigenvalue weighted by molar-refractivity contribution is 0.708. The fourth-order valence-corrected chi connectivity index (χ4v) is 2.49. The maximum Gasteiger partial charge on any atom is 0.147 e. The van der Waals surface area contributed by atoms with Crippen LogP contribution in [0.25, 0.3) is 0 Å². The van der Waals surface area contributed by atoms with Crippen molar-refractivity contribution in [2.24, 2.45) is 0 Å². The van der Waals surface area contributed by atoms with Crippen molar-refractivity contribution in [2.75, 3.05) is 0 Å². The molecular formula is C12H13ClN2. The van der Waals surface area contributed by atoms with Gasteiger partial charge in [0, 0.05) is 5.69 Å². The lowest BCUT2D eigenvalue weighted by atomic mass is 9.99. The van der Waals surface area contributed by atoms with Gasteiger partial charge >= 0.3 is 0 Å². The van der Waals surface area contributed by atoms with Crippen molar-refractivity contribution >= 4 is 11.6 Å². The van der Waals surface area contributed by atoms with Crippen molar-refractivity contribution < 1.29 is 0 Å². The molecule has 1 aromatic rings. The van der Waals surface area contributed by atoms with Gasteiger partial charge in [-0.05, 0) is 43.7 Å². The van der Waals surface area contributed by atoms with Gasteiger partial charge in [0.1, 0.15) is 11.2 Å². The Morgan fingerprint density at radius 2 is 2.00 bits per heavy atom. The summed E-state index contributed by atoms with van der Waals surface area (Å²) >= 11 is 5.99. The van der Waals surface area contributed by atoms with Crippen LogP contribution in [0.2, 0.25) is 5.15 Å². The van der Waals surface area contributed by atoms with Gasteiger partial charge < -0.3 is 0 Å². The third-order valence-electron chi connectivity index (χ3n) is 3.07. The highest BCUT2D eigenvalue weighted by atomic mass is 35.5. The van der Waals surface area contributed by atoms with Gasteiger partial charge in [-0.2, -0.15) is 5.26 Å². The molecule has 1 aromatic heterocycles.